The molecule has 0 aromatic carbocycles. The second kappa shape index (κ2) is 5.90. The molecule has 0 aliphatic heterocycles. The minimum absolute atomic E-state index is 0.517. The van der Waals surface area contributed by atoms with Crippen molar-refractivity contribution in [3.05, 3.63) is 0 Å². The van der Waals surface area contributed by atoms with Gasteiger partial charge in [-0.2, -0.15) is 17.6 Å². The Hall–Kier alpha value is -0.180. The van der Waals surface area contributed by atoms with Gasteiger partial charge < -0.3 is 9.47 Å². The number of carbonyl (C=O) groups excluding carboxylic acids is 2. The Balaban J connectivity index is 5.92. The second-order valence-electron chi connectivity index (χ2n) is 3.28. The summed E-state index contributed by atoms with van der Waals surface area (Å²) in [5.41, 5.74) is 0. The Kier molecular flexibility index (Phi) is 5.85. The van der Waals surface area contributed by atoms with Crippen LogP contribution in [-0.4, -0.2) is 46.7 Å². The Morgan fingerprint density at radius 2 is 0.950 bits per heavy atom. The lowest BCUT2D eigenvalue weighted by Crippen LogP contribution is -2.64. The summed E-state index contributed by atoms with van der Waals surface area (Å²) in [6.07, 6.45) is 0. The minimum atomic E-state index is -4.95. The highest BCUT2D eigenvalue weighted by atomic mass is 35.5. The van der Waals surface area contributed by atoms with Crippen molar-refractivity contribution in [1.82, 2.24) is 0 Å². The highest BCUT2D eigenvalue weighted by Crippen LogP contribution is 2.58. The Morgan fingerprint density at radius 3 is 1.10 bits per heavy atom. The third-order valence-electron chi connectivity index (χ3n) is 2.07. The first-order valence-corrected chi connectivity index (χ1v) is 5.91. The third-order valence-corrected chi connectivity index (χ3v) is 4.54. The summed E-state index contributed by atoms with van der Waals surface area (Å²) in [6, 6.07) is 0. The van der Waals surface area contributed by atoms with Gasteiger partial charge in [-0.1, -0.05) is 46.4 Å². The van der Waals surface area contributed by atoms with E-state index in [1.54, 1.807) is 0 Å². The first-order chi connectivity index (χ1) is 8.71. The average molecular weight is 384 g/mol. The van der Waals surface area contributed by atoms with Gasteiger partial charge in [0.15, 0.2) is 0 Å². The van der Waals surface area contributed by atoms with Crippen LogP contribution in [0.15, 0.2) is 0 Å². The number of alkyl halides is 8. The Bertz CT molecular complexity index is 375. The molecule has 0 spiro atoms. The maximum atomic E-state index is 13.6. The van der Waals surface area contributed by atoms with Crippen LogP contribution >= 0.6 is 46.4 Å². The van der Waals surface area contributed by atoms with Gasteiger partial charge in [-0.15, -0.1) is 0 Å². The van der Waals surface area contributed by atoms with Gasteiger partial charge in [-0.05, 0) is 0 Å². The molecule has 0 heterocycles. The highest BCUT2D eigenvalue weighted by molar-refractivity contribution is 6.64. The van der Waals surface area contributed by atoms with E-state index < -0.39 is 32.5 Å². The first kappa shape index (κ1) is 19.8. The molecular weight excluding hydrogens is 378 g/mol. The number of methoxy groups -OCH3 is 2. The monoisotopic (exact) mass is 382 g/mol. The van der Waals surface area contributed by atoms with Crippen molar-refractivity contribution in [3.63, 3.8) is 0 Å². The van der Waals surface area contributed by atoms with Crippen LogP contribution in [0, 0.1) is 0 Å². The van der Waals surface area contributed by atoms with Crippen molar-refractivity contribution >= 4 is 58.3 Å². The summed E-state index contributed by atoms with van der Waals surface area (Å²) < 4.78 is 53.5. The summed E-state index contributed by atoms with van der Waals surface area (Å²) in [7, 11) is 1.03. The van der Waals surface area contributed by atoms with E-state index in [0.717, 1.165) is 0 Å². The number of hydrogen-bond donors (Lipinski definition) is 0. The summed E-state index contributed by atoms with van der Waals surface area (Å²) in [6.45, 7) is 0. The van der Waals surface area contributed by atoms with E-state index >= 15 is 0 Å². The molecular formula is C8H6Cl4F4O4. The molecule has 0 saturated carbocycles. The first-order valence-electron chi connectivity index (χ1n) is 4.39. The van der Waals surface area contributed by atoms with Gasteiger partial charge >= 0.3 is 23.8 Å². The molecule has 4 nitrogen and oxygen atoms in total. The van der Waals surface area contributed by atoms with Crippen molar-refractivity contribution in [1.29, 1.82) is 0 Å². The van der Waals surface area contributed by atoms with Crippen molar-refractivity contribution in [2.45, 2.75) is 20.5 Å². The standard InChI is InChI=1S/C8H6Cl4F4O4/c1-19-3(17)5(13,14)7(9,10)8(11,12)6(15,16)4(18)20-2/h1-2H3. The number of esters is 2. The van der Waals surface area contributed by atoms with Crippen LogP contribution in [0.4, 0.5) is 17.6 Å². The molecule has 118 valence electrons. The highest BCUT2D eigenvalue weighted by Gasteiger charge is 2.78. The molecule has 0 N–H and O–H groups in total. The number of ether oxygens (including phenoxy) is 2. The zero-order chi connectivity index (χ0) is 16.6. The van der Waals surface area contributed by atoms with Crippen LogP contribution < -0.4 is 0 Å². The van der Waals surface area contributed by atoms with Crippen molar-refractivity contribution in [2.24, 2.45) is 0 Å². The number of hydrogen-bond acceptors (Lipinski definition) is 4. The molecule has 0 fully saturated rings. The normalized spacial score (nSPS) is 13.9. The summed E-state index contributed by atoms with van der Waals surface area (Å²) in [5.74, 6) is -14.7. The maximum Gasteiger partial charge on any atom is 0.380 e. The van der Waals surface area contributed by atoms with E-state index in [1.165, 1.54) is 0 Å². The fraction of sp³-hybridized carbons (Fsp3) is 0.750. The molecule has 0 saturated heterocycles. The minimum Gasteiger partial charge on any atom is -0.464 e. The quantitative estimate of drug-likeness (QED) is 0.416. The average Bonchev–Trinajstić information content (AvgIpc) is 2.35. The largest absolute Gasteiger partial charge is 0.464 e. The molecule has 12 heteroatoms. The smallest absolute Gasteiger partial charge is 0.380 e. The van der Waals surface area contributed by atoms with Crippen molar-refractivity contribution in [3.8, 4) is 0 Å². The number of halogens is 8. The third kappa shape index (κ3) is 2.75. The summed E-state index contributed by atoms with van der Waals surface area (Å²) in [5, 5.41) is 0. The van der Waals surface area contributed by atoms with Crippen LogP contribution in [0.25, 0.3) is 0 Å². The fourth-order valence-corrected chi connectivity index (χ4v) is 1.69. The molecule has 0 radical (unpaired) electrons. The van der Waals surface area contributed by atoms with E-state index in [4.69, 9.17) is 46.4 Å². The Morgan fingerprint density at radius 1 is 0.750 bits per heavy atom. The number of carbonyl (C=O) groups is 2. The van der Waals surface area contributed by atoms with Crippen molar-refractivity contribution < 1.29 is 36.6 Å². The molecule has 0 rings (SSSR count). The van der Waals surface area contributed by atoms with Crippen LogP contribution in [0.5, 0.6) is 0 Å². The van der Waals surface area contributed by atoms with Gasteiger partial charge in [-0.25, -0.2) is 9.59 Å². The van der Waals surface area contributed by atoms with Gasteiger partial charge in [0.1, 0.15) is 0 Å². The van der Waals surface area contributed by atoms with Gasteiger partial charge in [0.05, 0.1) is 14.2 Å². The van der Waals surface area contributed by atoms with E-state index in [1.807, 2.05) is 0 Å². The molecule has 20 heavy (non-hydrogen) atoms. The lowest BCUT2D eigenvalue weighted by atomic mass is 10.1. The van der Waals surface area contributed by atoms with E-state index in [9.17, 15) is 27.2 Å². The molecule has 0 amide bonds. The van der Waals surface area contributed by atoms with Crippen molar-refractivity contribution in [2.75, 3.05) is 14.2 Å². The molecule has 0 aliphatic carbocycles. The van der Waals surface area contributed by atoms with Gasteiger partial charge in [0, 0.05) is 0 Å². The SMILES string of the molecule is COC(=O)C(F)(F)C(Cl)(Cl)C(Cl)(Cl)C(F)(F)C(=O)OC. The van der Waals surface area contributed by atoms with Crippen LogP contribution in [0.1, 0.15) is 0 Å². The van der Waals surface area contributed by atoms with E-state index in [0.29, 0.717) is 14.2 Å². The van der Waals surface area contributed by atoms with Gasteiger partial charge in [0.25, 0.3) is 0 Å². The van der Waals surface area contributed by atoms with Gasteiger partial charge in [0.2, 0.25) is 8.67 Å². The summed E-state index contributed by atoms with van der Waals surface area (Å²) in [4.78, 5) is 21.7. The predicted octanol–water partition coefficient (Wildman–Crippen LogP) is 2.95. The molecule has 0 aromatic rings. The zero-order valence-electron chi connectivity index (χ0n) is 9.66. The van der Waals surface area contributed by atoms with Crippen LogP contribution in [0.2, 0.25) is 0 Å². The molecule has 0 atom stereocenters. The summed E-state index contributed by atoms with van der Waals surface area (Å²) >= 11 is 20.2. The topological polar surface area (TPSA) is 52.6 Å². The lowest BCUT2D eigenvalue weighted by molar-refractivity contribution is -0.182. The number of rotatable bonds is 5. The second-order valence-corrected chi connectivity index (χ2v) is 5.94. The van der Waals surface area contributed by atoms with Crippen LogP contribution in [0.3, 0.4) is 0 Å². The van der Waals surface area contributed by atoms with Gasteiger partial charge in [-0.3, -0.25) is 0 Å². The van der Waals surface area contributed by atoms with E-state index in [2.05, 4.69) is 9.47 Å². The maximum absolute atomic E-state index is 13.6. The molecule has 0 aliphatic rings. The predicted molar refractivity (Wildman–Crippen MR) is 62.8 cm³/mol. The molecule has 0 bridgehead atoms. The fourth-order valence-electron chi connectivity index (χ4n) is 0.907. The Labute approximate surface area is 130 Å². The molecule has 0 unspecified atom stereocenters. The van der Waals surface area contributed by atoms with Crippen LogP contribution in [-0.2, 0) is 19.1 Å². The lowest BCUT2D eigenvalue weighted by Gasteiger charge is -2.39. The van der Waals surface area contributed by atoms with E-state index in [-0.39, 0.29) is 0 Å². The zero-order valence-corrected chi connectivity index (χ0v) is 12.7. The molecule has 0 aromatic heterocycles.